The van der Waals surface area contributed by atoms with Crippen molar-refractivity contribution < 1.29 is 9.53 Å². The number of aryl methyl sites for hydroxylation is 1. The lowest BCUT2D eigenvalue weighted by Crippen LogP contribution is -2.48. The first-order valence-corrected chi connectivity index (χ1v) is 10.7. The van der Waals surface area contributed by atoms with Gasteiger partial charge in [-0.05, 0) is 38.5 Å². The second-order valence-corrected chi connectivity index (χ2v) is 7.87. The summed E-state index contributed by atoms with van der Waals surface area (Å²) in [6.07, 6.45) is 3.83. The van der Waals surface area contributed by atoms with Crippen LogP contribution in [-0.4, -0.2) is 59.0 Å². The molecule has 1 aromatic carbocycles. The van der Waals surface area contributed by atoms with Gasteiger partial charge >= 0.3 is 6.03 Å². The molecule has 0 saturated carbocycles. The SMILES string of the molecule is CCNC(=NCc1ccc(NC(=O)NC(C)C)cc1)N1CCOC(c2cnn(C)c2)C1. The van der Waals surface area contributed by atoms with E-state index in [1.165, 1.54) is 0 Å². The van der Waals surface area contributed by atoms with E-state index in [4.69, 9.17) is 9.73 Å². The second kappa shape index (κ2) is 10.8. The summed E-state index contributed by atoms with van der Waals surface area (Å²) in [5, 5.41) is 13.3. The molecule has 1 aromatic heterocycles. The van der Waals surface area contributed by atoms with Crippen molar-refractivity contribution in [3.8, 4) is 0 Å². The fraction of sp³-hybridized carbons (Fsp3) is 0.500. The topological polar surface area (TPSA) is 95.8 Å². The number of aromatic nitrogens is 2. The zero-order chi connectivity index (χ0) is 22.2. The number of amides is 2. The van der Waals surface area contributed by atoms with Crippen LogP contribution in [0.5, 0.6) is 0 Å². The Morgan fingerprint density at radius 3 is 2.74 bits per heavy atom. The van der Waals surface area contributed by atoms with Crippen molar-refractivity contribution in [3.63, 3.8) is 0 Å². The first kappa shape index (κ1) is 22.6. The number of anilines is 1. The highest BCUT2D eigenvalue weighted by Crippen LogP contribution is 2.21. The molecular weight excluding hydrogens is 394 g/mol. The standard InChI is InChI=1S/C22H33N7O2/c1-5-23-21(29-10-11-31-20(15-29)18-13-25-28(4)14-18)24-12-17-6-8-19(9-7-17)27-22(30)26-16(2)3/h6-9,13-14,16,20H,5,10-12,15H2,1-4H3,(H,23,24)(H2,26,27,30). The zero-order valence-corrected chi connectivity index (χ0v) is 18.8. The van der Waals surface area contributed by atoms with E-state index >= 15 is 0 Å². The molecule has 1 aliphatic rings. The number of urea groups is 1. The molecule has 1 aliphatic heterocycles. The van der Waals surface area contributed by atoms with Crippen LogP contribution in [0, 0.1) is 0 Å². The van der Waals surface area contributed by atoms with Crippen molar-refractivity contribution in [3.05, 3.63) is 47.8 Å². The van der Waals surface area contributed by atoms with Gasteiger partial charge in [0.25, 0.3) is 0 Å². The van der Waals surface area contributed by atoms with Crippen molar-refractivity contribution in [2.24, 2.45) is 12.0 Å². The van der Waals surface area contributed by atoms with E-state index in [2.05, 4.69) is 32.9 Å². The lowest BCUT2D eigenvalue weighted by Gasteiger charge is -2.34. The van der Waals surface area contributed by atoms with Crippen molar-refractivity contribution in [1.29, 1.82) is 0 Å². The number of nitrogens with zero attached hydrogens (tertiary/aromatic N) is 4. The van der Waals surface area contributed by atoms with Gasteiger partial charge in [0.05, 0.1) is 25.9 Å². The first-order chi connectivity index (χ1) is 14.9. The average molecular weight is 428 g/mol. The number of hydrogen-bond donors (Lipinski definition) is 3. The Hall–Kier alpha value is -3.07. The molecule has 0 radical (unpaired) electrons. The highest BCUT2D eigenvalue weighted by atomic mass is 16.5. The van der Waals surface area contributed by atoms with Crippen LogP contribution >= 0.6 is 0 Å². The Morgan fingerprint density at radius 1 is 1.32 bits per heavy atom. The fourth-order valence-corrected chi connectivity index (χ4v) is 3.36. The number of guanidine groups is 1. The maximum atomic E-state index is 11.8. The van der Waals surface area contributed by atoms with E-state index in [1.54, 1.807) is 4.68 Å². The molecule has 2 heterocycles. The maximum Gasteiger partial charge on any atom is 0.319 e. The van der Waals surface area contributed by atoms with Gasteiger partial charge in [0.1, 0.15) is 6.10 Å². The first-order valence-electron chi connectivity index (χ1n) is 10.7. The van der Waals surface area contributed by atoms with Crippen LogP contribution in [0.15, 0.2) is 41.7 Å². The van der Waals surface area contributed by atoms with Gasteiger partial charge in [0.15, 0.2) is 5.96 Å². The summed E-state index contributed by atoms with van der Waals surface area (Å²) in [4.78, 5) is 18.9. The van der Waals surface area contributed by atoms with E-state index in [9.17, 15) is 4.79 Å². The van der Waals surface area contributed by atoms with E-state index in [1.807, 2.05) is 57.6 Å². The molecule has 1 atom stereocenters. The Labute approximate surface area is 183 Å². The molecule has 0 bridgehead atoms. The Morgan fingerprint density at radius 2 is 2.10 bits per heavy atom. The number of aliphatic imine (C=N–C) groups is 1. The average Bonchev–Trinajstić information content (AvgIpc) is 3.18. The van der Waals surface area contributed by atoms with E-state index < -0.39 is 0 Å². The molecular formula is C22H33N7O2. The zero-order valence-electron chi connectivity index (χ0n) is 18.8. The molecule has 3 N–H and O–H groups in total. The lowest BCUT2D eigenvalue weighted by atomic mass is 10.1. The smallest absolute Gasteiger partial charge is 0.319 e. The van der Waals surface area contributed by atoms with E-state index in [-0.39, 0.29) is 18.2 Å². The molecule has 1 fully saturated rings. The van der Waals surface area contributed by atoms with Gasteiger partial charge in [0.2, 0.25) is 0 Å². The number of carbonyl (C=O) groups is 1. The Kier molecular flexibility index (Phi) is 7.88. The van der Waals surface area contributed by atoms with Crippen molar-refractivity contribution >= 4 is 17.7 Å². The maximum absolute atomic E-state index is 11.8. The predicted octanol–water partition coefficient (Wildman–Crippen LogP) is 2.49. The van der Waals surface area contributed by atoms with Crippen molar-refractivity contribution in [2.75, 3.05) is 31.6 Å². The molecule has 2 aromatic rings. The number of rotatable bonds is 6. The number of benzene rings is 1. The Balaban J connectivity index is 1.62. The van der Waals surface area contributed by atoms with Crippen LogP contribution in [-0.2, 0) is 18.3 Å². The normalized spacial score (nSPS) is 17.0. The number of hydrogen-bond acceptors (Lipinski definition) is 4. The highest BCUT2D eigenvalue weighted by Gasteiger charge is 2.25. The molecule has 0 aliphatic carbocycles. The van der Waals surface area contributed by atoms with Crippen LogP contribution in [0.25, 0.3) is 0 Å². The largest absolute Gasteiger partial charge is 0.370 e. The van der Waals surface area contributed by atoms with Gasteiger partial charge in [-0.1, -0.05) is 12.1 Å². The molecule has 168 valence electrons. The van der Waals surface area contributed by atoms with E-state index in [0.29, 0.717) is 13.2 Å². The minimum atomic E-state index is -0.203. The van der Waals surface area contributed by atoms with Gasteiger partial charge in [-0.25, -0.2) is 9.79 Å². The van der Waals surface area contributed by atoms with Crippen LogP contribution in [0.2, 0.25) is 0 Å². The Bertz CT molecular complexity index is 876. The monoisotopic (exact) mass is 427 g/mol. The van der Waals surface area contributed by atoms with Gasteiger partial charge < -0.3 is 25.6 Å². The van der Waals surface area contributed by atoms with Crippen molar-refractivity contribution in [1.82, 2.24) is 25.3 Å². The third-order valence-electron chi connectivity index (χ3n) is 4.84. The summed E-state index contributed by atoms with van der Waals surface area (Å²) in [6.45, 7) is 9.42. The van der Waals surface area contributed by atoms with Gasteiger partial charge in [-0.2, -0.15) is 5.10 Å². The molecule has 9 nitrogen and oxygen atoms in total. The number of nitrogens with one attached hydrogen (secondary N) is 3. The van der Waals surface area contributed by atoms with Gasteiger partial charge in [0, 0.05) is 43.6 Å². The molecule has 0 spiro atoms. The lowest BCUT2D eigenvalue weighted by molar-refractivity contribution is -0.00805. The molecule has 31 heavy (non-hydrogen) atoms. The number of morpholine rings is 1. The number of ether oxygens (including phenoxy) is 1. The summed E-state index contributed by atoms with van der Waals surface area (Å²) in [7, 11) is 1.91. The minimum Gasteiger partial charge on any atom is -0.370 e. The second-order valence-electron chi connectivity index (χ2n) is 7.87. The molecule has 1 saturated heterocycles. The van der Waals surface area contributed by atoms with E-state index in [0.717, 1.165) is 42.4 Å². The van der Waals surface area contributed by atoms with Crippen LogP contribution in [0.4, 0.5) is 10.5 Å². The summed E-state index contributed by atoms with van der Waals surface area (Å²) >= 11 is 0. The molecule has 9 heteroatoms. The highest BCUT2D eigenvalue weighted by molar-refractivity contribution is 5.89. The van der Waals surface area contributed by atoms with Crippen LogP contribution in [0.3, 0.4) is 0 Å². The third-order valence-corrected chi connectivity index (χ3v) is 4.84. The quantitative estimate of drug-likeness (QED) is 0.486. The molecule has 1 unspecified atom stereocenters. The number of carbonyl (C=O) groups excluding carboxylic acids is 1. The molecule has 2 amide bonds. The predicted molar refractivity (Wildman–Crippen MR) is 122 cm³/mol. The van der Waals surface area contributed by atoms with Gasteiger partial charge in [-0.3, -0.25) is 4.68 Å². The van der Waals surface area contributed by atoms with Crippen LogP contribution in [0.1, 0.15) is 38.0 Å². The molecule has 3 rings (SSSR count). The summed E-state index contributed by atoms with van der Waals surface area (Å²) in [5.74, 6) is 0.873. The van der Waals surface area contributed by atoms with Crippen LogP contribution < -0.4 is 16.0 Å². The third kappa shape index (κ3) is 6.71. The van der Waals surface area contributed by atoms with Gasteiger partial charge in [-0.15, -0.1) is 0 Å². The summed E-state index contributed by atoms with van der Waals surface area (Å²) in [5.41, 5.74) is 2.90. The fourth-order valence-electron chi connectivity index (χ4n) is 3.36. The van der Waals surface area contributed by atoms with Crippen molar-refractivity contribution in [2.45, 2.75) is 39.5 Å². The summed E-state index contributed by atoms with van der Waals surface area (Å²) in [6, 6.07) is 7.64. The minimum absolute atomic E-state index is 0.0198. The summed E-state index contributed by atoms with van der Waals surface area (Å²) < 4.78 is 7.74.